The molecule has 2 aliphatic carbocycles. The summed E-state index contributed by atoms with van der Waals surface area (Å²) in [5.41, 5.74) is 0. The summed E-state index contributed by atoms with van der Waals surface area (Å²) in [4.78, 5) is 31.3. The van der Waals surface area contributed by atoms with Crippen molar-refractivity contribution < 1.29 is 19.4 Å². The lowest BCUT2D eigenvalue weighted by Crippen LogP contribution is -2.51. The summed E-state index contributed by atoms with van der Waals surface area (Å²) in [5, 5.41) is 12.9. The molecule has 0 spiro atoms. The quantitative estimate of drug-likeness (QED) is 0.427. The molecule has 0 aliphatic heterocycles. The van der Waals surface area contributed by atoms with E-state index in [9.17, 15) is 14.7 Å². The van der Waals surface area contributed by atoms with E-state index in [4.69, 9.17) is 4.74 Å². The summed E-state index contributed by atoms with van der Waals surface area (Å²) < 4.78 is 5.47. The number of carbonyl (C=O) groups excluding carboxylic acids is 1. The number of rotatable bonds is 9. The fraction of sp³-hybridized carbons (Fsp3) is 0.783. The maximum absolute atomic E-state index is 13.4. The topological polar surface area (TPSA) is 91.8 Å². The largest absolute Gasteiger partial charge is 0.480 e. The minimum atomic E-state index is -0.942. The molecule has 0 bridgehead atoms. The molecule has 180 valence electrons. The first-order chi connectivity index (χ1) is 15.3. The van der Waals surface area contributed by atoms with Gasteiger partial charge in [-0.3, -0.25) is 10.1 Å². The Morgan fingerprint density at radius 3 is 2.47 bits per heavy atom. The van der Waals surface area contributed by atoms with Gasteiger partial charge in [0.15, 0.2) is 5.13 Å². The van der Waals surface area contributed by atoms with Crippen LogP contribution in [0.15, 0.2) is 10.4 Å². The molecule has 2 aliphatic rings. The van der Waals surface area contributed by atoms with E-state index in [-0.39, 0.29) is 18.1 Å². The Labute approximate surface area is 199 Å². The lowest BCUT2D eigenvalue weighted by molar-refractivity contribution is -0.138. The molecule has 1 aromatic rings. The average Bonchev–Trinajstić information content (AvgIpc) is 3.20. The number of urea groups is 1. The van der Waals surface area contributed by atoms with Crippen LogP contribution in [0.5, 0.6) is 0 Å². The first-order valence-corrected chi connectivity index (χ1v) is 13.5. The highest BCUT2D eigenvalue weighted by Crippen LogP contribution is 2.38. The number of hydrogen-bond acceptors (Lipinski definition) is 6. The van der Waals surface area contributed by atoms with E-state index in [1.807, 2.05) is 6.92 Å². The van der Waals surface area contributed by atoms with Gasteiger partial charge >= 0.3 is 12.0 Å². The first-order valence-electron chi connectivity index (χ1n) is 11.9. The number of carbonyl (C=O) groups is 2. The zero-order valence-corrected chi connectivity index (χ0v) is 21.1. The van der Waals surface area contributed by atoms with Crippen molar-refractivity contribution in [1.82, 2.24) is 9.88 Å². The number of nitrogens with one attached hydrogen (secondary N) is 1. The zero-order chi connectivity index (χ0) is 23.1. The van der Waals surface area contributed by atoms with Crippen LogP contribution in [0.25, 0.3) is 0 Å². The van der Waals surface area contributed by atoms with Crippen molar-refractivity contribution in [2.75, 3.05) is 18.5 Å². The number of anilines is 1. The van der Waals surface area contributed by atoms with Gasteiger partial charge in [0.2, 0.25) is 0 Å². The molecule has 0 aromatic carbocycles. The third-order valence-electron chi connectivity index (χ3n) is 6.54. The molecule has 0 saturated heterocycles. The SMILES string of the molecule is CCOCC1CCC(N(C(=O)Nc2ncc(SC(C)(C)C(=O)O)s2)C2CCCCC2)CC1. The fourth-order valence-electron chi connectivity index (χ4n) is 4.68. The number of ether oxygens (including phenoxy) is 1. The molecule has 1 heterocycles. The van der Waals surface area contributed by atoms with Crippen LogP contribution in [0.1, 0.15) is 78.6 Å². The summed E-state index contributed by atoms with van der Waals surface area (Å²) in [6, 6.07) is 0.487. The summed E-state index contributed by atoms with van der Waals surface area (Å²) in [6.45, 7) is 6.96. The van der Waals surface area contributed by atoms with E-state index in [0.717, 1.165) is 55.9 Å². The number of thiazole rings is 1. The third-order valence-corrected chi connectivity index (χ3v) is 8.74. The molecule has 0 unspecified atom stereocenters. The van der Waals surface area contributed by atoms with Gasteiger partial charge in [-0.1, -0.05) is 42.4 Å². The highest BCUT2D eigenvalue weighted by atomic mass is 32.2. The predicted molar refractivity (Wildman–Crippen MR) is 130 cm³/mol. The van der Waals surface area contributed by atoms with E-state index in [2.05, 4.69) is 15.2 Å². The molecule has 9 heteroatoms. The number of hydrogen-bond donors (Lipinski definition) is 2. The van der Waals surface area contributed by atoms with Crippen LogP contribution in [0.4, 0.5) is 9.93 Å². The van der Waals surface area contributed by atoms with Crippen molar-refractivity contribution in [2.24, 2.45) is 5.92 Å². The van der Waals surface area contributed by atoms with Crippen LogP contribution >= 0.6 is 23.1 Å². The second-order valence-electron chi connectivity index (χ2n) is 9.37. The van der Waals surface area contributed by atoms with E-state index in [1.165, 1.54) is 42.4 Å². The van der Waals surface area contributed by atoms with Gasteiger partial charge in [0.05, 0.1) is 10.4 Å². The van der Waals surface area contributed by atoms with Gasteiger partial charge in [-0.25, -0.2) is 9.78 Å². The smallest absolute Gasteiger partial charge is 0.324 e. The third kappa shape index (κ3) is 6.84. The summed E-state index contributed by atoms with van der Waals surface area (Å²) in [5.74, 6) is -0.275. The number of carboxylic acid groups (broad SMARTS) is 1. The van der Waals surface area contributed by atoms with Crippen LogP contribution in [0.3, 0.4) is 0 Å². The molecular weight excluding hydrogens is 446 g/mol. The Balaban J connectivity index is 1.65. The Hall–Kier alpha value is -1.32. The molecular formula is C23H37N3O4S2. The maximum atomic E-state index is 13.4. The molecule has 2 amide bonds. The number of nitrogens with zero attached hydrogens (tertiary/aromatic N) is 2. The van der Waals surface area contributed by atoms with E-state index in [1.54, 1.807) is 20.0 Å². The van der Waals surface area contributed by atoms with Crippen molar-refractivity contribution in [2.45, 2.75) is 99.6 Å². The van der Waals surface area contributed by atoms with Crippen molar-refractivity contribution >= 4 is 40.2 Å². The molecule has 2 N–H and O–H groups in total. The number of carboxylic acids is 1. The molecule has 0 radical (unpaired) electrons. The Kier molecular flexibility index (Phi) is 9.25. The first kappa shape index (κ1) is 25.3. The molecule has 1 aromatic heterocycles. The zero-order valence-electron chi connectivity index (χ0n) is 19.5. The van der Waals surface area contributed by atoms with Crippen molar-refractivity contribution in [1.29, 1.82) is 0 Å². The highest BCUT2D eigenvalue weighted by molar-refractivity contribution is 8.03. The van der Waals surface area contributed by atoms with Gasteiger partial charge in [0.1, 0.15) is 4.75 Å². The summed E-state index contributed by atoms with van der Waals surface area (Å²) in [6.07, 6.45) is 11.6. The van der Waals surface area contributed by atoms with Crippen LogP contribution in [-0.2, 0) is 9.53 Å². The molecule has 0 atom stereocenters. The number of amides is 2. The molecule has 32 heavy (non-hydrogen) atoms. The van der Waals surface area contributed by atoms with E-state index >= 15 is 0 Å². The minimum absolute atomic E-state index is 0.0615. The average molecular weight is 484 g/mol. The Morgan fingerprint density at radius 1 is 1.19 bits per heavy atom. The number of thioether (sulfide) groups is 1. The standard InChI is InChI=1S/C23H37N3O4S2/c1-4-30-15-16-10-12-18(13-11-16)26(17-8-6-5-7-9-17)22(29)25-21-24-14-19(31-21)32-23(2,3)20(27)28/h14,16-18H,4-13,15H2,1-3H3,(H,27,28)(H,24,25,29). The lowest BCUT2D eigenvalue weighted by Gasteiger charge is -2.42. The van der Waals surface area contributed by atoms with Crippen LogP contribution in [0, 0.1) is 5.92 Å². The second-order valence-corrected chi connectivity index (χ2v) is 12.3. The molecule has 7 nitrogen and oxygen atoms in total. The van der Waals surface area contributed by atoms with Gasteiger partial charge in [0, 0.05) is 25.3 Å². The molecule has 3 rings (SSSR count). The fourth-order valence-corrected chi connectivity index (χ4v) is 6.94. The van der Waals surface area contributed by atoms with Gasteiger partial charge in [-0.15, -0.1) is 0 Å². The Morgan fingerprint density at radius 2 is 1.84 bits per heavy atom. The van der Waals surface area contributed by atoms with Crippen LogP contribution in [0.2, 0.25) is 0 Å². The maximum Gasteiger partial charge on any atom is 0.324 e. The second kappa shape index (κ2) is 11.7. The van der Waals surface area contributed by atoms with Crippen molar-refractivity contribution in [3.63, 3.8) is 0 Å². The van der Waals surface area contributed by atoms with Crippen LogP contribution in [-0.4, -0.2) is 57.0 Å². The normalized spacial score (nSPS) is 22.5. The highest BCUT2D eigenvalue weighted by Gasteiger charge is 2.35. The summed E-state index contributed by atoms with van der Waals surface area (Å²) >= 11 is 2.59. The monoisotopic (exact) mass is 483 g/mol. The number of aliphatic carboxylic acids is 1. The van der Waals surface area contributed by atoms with E-state index in [0.29, 0.717) is 11.0 Å². The van der Waals surface area contributed by atoms with E-state index < -0.39 is 10.7 Å². The summed E-state index contributed by atoms with van der Waals surface area (Å²) in [7, 11) is 0. The minimum Gasteiger partial charge on any atom is -0.480 e. The molecule has 2 fully saturated rings. The van der Waals surface area contributed by atoms with Gasteiger partial charge in [-0.2, -0.15) is 0 Å². The number of aromatic nitrogens is 1. The van der Waals surface area contributed by atoms with Gasteiger partial charge < -0.3 is 14.7 Å². The predicted octanol–water partition coefficient (Wildman–Crippen LogP) is 5.86. The van der Waals surface area contributed by atoms with Gasteiger partial charge in [0.25, 0.3) is 0 Å². The lowest BCUT2D eigenvalue weighted by atomic mass is 9.84. The van der Waals surface area contributed by atoms with Gasteiger partial charge in [-0.05, 0) is 65.2 Å². The van der Waals surface area contributed by atoms with Crippen molar-refractivity contribution in [3.05, 3.63) is 6.20 Å². The Bertz CT molecular complexity index is 756. The molecule has 2 saturated carbocycles. The van der Waals surface area contributed by atoms with Crippen molar-refractivity contribution in [3.8, 4) is 0 Å². The van der Waals surface area contributed by atoms with Crippen LogP contribution < -0.4 is 5.32 Å².